The standard InChI is InChI=1S/C36H43N3O4S/c1-25-14-11-15-26(2)30(25)38-22-13-19-36-29(33(42)39(31(36)34(38)43)21-9-4-5-10-23-40)28-32(41)37(20-12-18-35(28,3)44-36)24-27-16-7-6-8-17-27/h6-8,11-19,28-29,31,40H,4-5,9-10,20-24H2,1-3H3/t28-,29-,31?,35+,36-/m0/s1. The van der Waals surface area contributed by atoms with Crippen molar-refractivity contribution < 1.29 is 19.5 Å². The molecule has 8 heteroatoms. The zero-order chi connectivity index (χ0) is 31.1. The third-order valence-corrected chi connectivity index (χ3v) is 11.7. The Bertz CT molecular complexity index is 1470. The van der Waals surface area contributed by atoms with Crippen LogP contribution in [0.2, 0.25) is 0 Å². The van der Waals surface area contributed by atoms with E-state index in [0.29, 0.717) is 26.2 Å². The van der Waals surface area contributed by atoms with Crippen LogP contribution in [0.5, 0.6) is 0 Å². The lowest BCUT2D eigenvalue weighted by Gasteiger charge is -2.37. The first-order valence-electron chi connectivity index (χ1n) is 15.9. The number of carbonyl (C=O) groups is 3. The normalized spacial score (nSPS) is 29.5. The lowest BCUT2D eigenvalue weighted by atomic mass is 9.74. The average molecular weight is 614 g/mol. The molecule has 0 bridgehead atoms. The van der Waals surface area contributed by atoms with Gasteiger partial charge in [-0.3, -0.25) is 14.4 Å². The van der Waals surface area contributed by atoms with Crippen LogP contribution in [0.4, 0.5) is 5.69 Å². The number of likely N-dealkylation sites (tertiary alicyclic amines) is 1. The first-order valence-corrected chi connectivity index (χ1v) is 16.7. The average Bonchev–Trinajstić information content (AvgIpc) is 3.27. The van der Waals surface area contributed by atoms with Gasteiger partial charge in [-0.25, -0.2) is 0 Å². The molecule has 0 saturated carbocycles. The molecule has 1 unspecified atom stereocenters. The second-order valence-electron chi connectivity index (χ2n) is 12.9. The first-order chi connectivity index (χ1) is 21.2. The molecule has 7 nitrogen and oxygen atoms in total. The number of nitrogens with zero attached hydrogens (tertiary/aromatic N) is 3. The summed E-state index contributed by atoms with van der Waals surface area (Å²) in [7, 11) is 0. The lowest BCUT2D eigenvalue weighted by molar-refractivity contribution is -0.144. The van der Waals surface area contributed by atoms with E-state index in [4.69, 9.17) is 0 Å². The SMILES string of the molecule is Cc1cccc(C)c1N1CC=C[C@]23S[C@]4(C)C=CCN(Cc5ccccc5)C(=O)[C@@H]4[C@H]2C(=O)N(CCCCCCO)C3C1=O. The molecule has 2 fully saturated rings. The van der Waals surface area contributed by atoms with E-state index in [1.807, 2.05) is 78.3 Å². The second-order valence-corrected chi connectivity index (χ2v) is 14.7. The van der Waals surface area contributed by atoms with Gasteiger partial charge in [0.25, 0.3) is 5.91 Å². The number of benzene rings is 2. The minimum atomic E-state index is -0.861. The smallest absolute Gasteiger partial charge is 0.251 e. The molecule has 44 heavy (non-hydrogen) atoms. The van der Waals surface area contributed by atoms with Gasteiger partial charge >= 0.3 is 0 Å². The van der Waals surface area contributed by atoms with Crippen molar-refractivity contribution in [1.29, 1.82) is 0 Å². The quantitative estimate of drug-likeness (QED) is 0.317. The molecular weight excluding hydrogens is 570 g/mol. The van der Waals surface area contributed by atoms with Gasteiger partial charge in [0.15, 0.2) is 0 Å². The Hall–Kier alpha value is -3.36. The zero-order valence-corrected chi connectivity index (χ0v) is 26.8. The van der Waals surface area contributed by atoms with Gasteiger partial charge in [0.05, 0.1) is 16.6 Å². The second kappa shape index (κ2) is 12.2. The van der Waals surface area contributed by atoms with Gasteiger partial charge in [-0.2, -0.15) is 0 Å². The molecule has 4 aliphatic heterocycles. The Morgan fingerprint density at radius 1 is 0.818 bits per heavy atom. The molecule has 2 aromatic rings. The Kier molecular flexibility index (Phi) is 8.50. The molecule has 2 aromatic carbocycles. The van der Waals surface area contributed by atoms with E-state index in [2.05, 4.69) is 25.2 Å². The molecule has 1 N–H and O–H groups in total. The molecule has 1 spiro atoms. The summed E-state index contributed by atoms with van der Waals surface area (Å²) in [6, 6.07) is 15.3. The molecule has 0 aromatic heterocycles. The van der Waals surface area contributed by atoms with Crippen LogP contribution in [0, 0.1) is 25.7 Å². The largest absolute Gasteiger partial charge is 0.396 e. The summed E-state index contributed by atoms with van der Waals surface area (Å²) in [6.07, 6.45) is 11.5. The molecule has 232 valence electrons. The van der Waals surface area contributed by atoms with E-state index >= 15 is 0 Å². The number of amides is 3. The summed E-state index contributed by atoms with van der Waals surface area (Å²) < 4.78 is -1.49. The number of anilines is 1. The van der Waals surface area contributed by atoms with Gasteiger partial charge in [0.2, 0.25) is 11.8 Å². The summed E-state index contributed by atoms with van der Waals surface area (Å²) >= 11 is 1.64. The summed E-state index contributed by atoms with van der Waals surface area (Å²) in [5.74, 6) is -1.43. The van der Waals surface area contributed by atoms with Crippen LogP contribution in [0.15, 0.2) is 72.8 Å². The number of hydrogen-bond acceptors (Lipinski definition) is 5. The number of unbranched alkanes of at least 4 members (excludes halogenated alkanes) is 3. The molecular formula is C36H43N3O4S. The van der Waals surface area contributed by atoms with Crippen molar-refractivity contribution in [1.82, 2.24) is 9.80 Å². The van der Waals surface area contributed by atoms with Crippen molar-refractivity contribution in [3.8, 4) is 0 Å². The van der Waals surface area contributed by atoms with Crippen molar-refractivity contribution in [3.05, 3.63) is 89.5 Å². The number of hydrogen-bond donors (Lipinski definition) is 1. The molecule has 2 saturated heterocycles. The van der Waals surface area contributed by atoms with Crippen LogP contribution in [-0.4, -0.2) is 74.4 Å². The topological polar surface area (TPSA) is 81.2 Å². The minimum absolute atomic E-state index is 0.0238. The van der Waals surface area contributed by atoms with E-state index < -0.39 is 27.4 Å². The Morgan fingerprint density at radius 2 is 1.52 bits per heavy atom. The highest BCUT2D eigenvalue weighted by atomic mass is 32.2. The van der Waals surface area contributed by atoms with E-state index in [1.54, 1.807) is 16.7 Å². The number of aryl methyl sites for hydroxylation is 2. The van der Waals surface area contributed by atoms with Crippen LogP contribution < -0.4 is 4.90 Å². The number of rotatable bonds is 9. The van der Waals surface area contributed by atoms with Gasteiger partial charge < -0.3 is 19.8 Å². The highest BCUT2D eigenvalue weighted by Crippen LogP contribution is 2.65. The number of aliphatic hydroxyl groups is 1. The van der Waals surface area contributed by atoms with Crippen LogP contribution in [0.25, 0.3) is 0 Å². The first kappa shape index (κ1) is 30.7. The van der Waals surface area contributed by atoms with Crippen LogP contribution >= 0.6 is 11.8 Å². The number of aliphatic hydroxyl groups excluding tert-OH is 1. The lowest BCUT2D eigenvalue weighted by Crippen LogP contribution is -2.53. The minimum Gasteiger partial charge on any atom is -0.396 e. The molecule has 4 heterocycles. The Balaban J connectivity index is 1.41. The van der Waals surface area contributed by atoms with E-state index in [9.17, 15) is 19.5 Å². The Morgan fingerprint density at radius 3 is 2.25 bits per heavy atom. The van der Waals surface area contributed by atoms with Crippen molar-refractivity contribution in [2.45, 2.75) is 68.5 Å². The fraction of sp³-hybridized carbons (Fsp3) is 0.472. The van der Waals surface area contributed by atoms with E-state index in [1.165, 1.54) is 0 Å². The van der Waals surface area contributed by atoms with E-state index in [-0.39, 0.29) is 24.3 Å². The zero-order valence-electron chi connectivity index (χ0n) is 25.9. The number of carbonyl (C=O) groups excluding carboxylic acids is 3. The number of fused-ring (bicyclic) bond motifs is 2. The summed E-state index contributed by atoms with van der Waals surface area (Å²) in [6.45, 7) is 8.10. The molecule has 5 atom stereocenters. The maximum atomic E-state index is 14.9. The predicted octanol–water partition coefficient (Wildman–Crippen LogP) is 5.05. The number of thioether (sulfide) groups is 1. The molecule has 4 aliphatic rings. The van der Waals surface area contributed by atoms with Gasteiger partial charge in [0.1, 0.15) is 6.04 Å². The van der Waals surface area contributed by atoms with Crippen molar-refractivity contribution in [3.63, 3.8) is 0 Å². The fourth-order valence-electron chi connectivity index (χ4n) is 7.94. The monoisotopic (exact) mass is 613 g/mol. The molecule has 3 amide bonds. The third kappa shape index (κ3) is 5.10. The van der Waals surface area contributed by atoms with Gasteiger partial charge in [0, 0.05) is 43.2 Å². The third-order valence-electron chi connectivity index (χ3n) is 9.87. The van der Waals surface area contributed by atoms with E-state index in [0.717, 1.165) is 48.1 Å². The highest BCUT2D eigenvalue weighted by Gasteiger charge is 2.73. The molecule has 0 radical (unpaired) electrons. The predicted molar refractivity (Wildman–Crippen MR) is 175 cm³/mol. The summed E-state index contributed by atoms with van der Waals surface area (Å²) in [5.41, 5.74) is 3.98. The van der Waals surface area contributed by atoms with Crippen LogP contribution in [-0.2, 0) is 20.9 Å². The van der Waals surface area contributed by atoms with Gasteiger partial charge in [-0.15, -0.1) is 11.8 Å². The van der Waals surface area contributed by atoms with Crippen molar-refractivity contribution in [2.75, 3.05) is 31.1 Å². The van der Waals surface area contributed by atoms with Crippen LogP contribution in [0.1, 0.15) is 49.3 Å². The van der Waals surface area contributed by atoms with Crippen molar-refractivity contribution >= 4 is 35.2 Å². The maximum absolute atomic E-state index is 14.9. The molecule has 0 aliphatic carbocycles. The van der Waals surface area contributed by atoms with Crippen LogP contribution in [0.3, 0.4) is 0 Å². The molecule has 6 rings (SSSR count). The number of para-hydroxylation sites is 1. The van der Waals surface area contributed by atoms with Crippen molar-refractivity contribution in [2.24, 2.45) is 11.8 Å². The fourth-order valence-corrected chi connectivity index (χ4v) is 10.1. The Labute approximate surface area is 265 Å². The summed E-state index contributed by atoms with van der Waals surface area (Å²) in [5, 5.41) is 9.26. The van der Waals surface area contributed by atoms with Gasteiger partial charge in [-0.1, -0.05) is 85.7 Å². The highest BCUT2D eigenvalue weighted by molar-refractivity contribution is 8.02. The van der Waals surface area contributed by atoms with Gasteiger partial charge in [-0.05, 0) is 50.3 Å². The summed E-state index contributed by atoms with van der Waals surface area (Å²) in [4.78, 5) is 49.6. The maximum Gasteiger partial charge on any atom is 0.251 e.